The van der Waals surface area contributed by atoms with E-state index in [1.165, 1.54) is 0 Å². The summed E-state index contributed by atoms with van der Waals surface area (Å²) in [7, 11) is 0. The fraction of sp³-hybridized carbons (Fsp3) is 0.533. The number of hydrogen-bond donors (Lipinski definition) is 1. The first-order valence-electron chi connectivity index (χ1n) is 6.74. The van der Waals surface area contributed by atoms with Crippen LogP contribution in [0.5, 0.6) is 0 Å². The van der Waals surface area contributed by atoms with Crippen LogP contribution in [0.25, 0.3) is 0 Å². The summed E-state index contributed by atoms with van der Waals surface area (Å²) in [5.41, 5.74) is 0.412. The number of nitrogens with one attached hydrogen (secondary N) is 1. The van der Waals surface area contributed by atoms with Crippen molar-refractivity contribution in [3.05, 3.63) is 29.3 Å². The molecule has 1 aliphatic rings. The molecule has 0 aliphatic carbocycles. The zero-order chi connectivity index (χ0) is 13.7. The minimum atomic E-state index is -0.522. The van der Waals surface area contributed by atoms with E-state index in [2.05, 4.69) is 18.3 Å². The summed E-state index contributed by atoms with van der Waals surface area (Å²) in [5.74, 6) is 0. The summed E-state index contributed by atoms with van der Waals surface area (Å²) in [6.45, 7) is 2.78. The van der Waals surface area contributed by atoms with Gasteiger partial charge >= 0.3 is 0 Å². The van der Waals surface area contributed by atoms with E-state index in [4.69, 9.17) is 16.3 Å². The molecule has 0 bridgehead atoms. The van der Waals surface area contributed by atoms with Gasteiger partial charge in [0.25, 0.3) is 0 Å². The van der Waals surface area contributed by atoms with Crippen molar-refractivity contribution in [2.24, 2.45) is 0 Å². The number of anilines is 1. The smallest absolute Gasteiger partial charge is 0.130 e. The van der Waals surface area contributed by atoms with Crippen molar-refractivity contribution in [1.82, 2.24) is 0 Å². The van der Waals surface area contributed by atoms with E-state index in [0.717, 1.165) is 24.9 Å². The summed E-state index contributed by atoms with van der Waals surface area (Å²) in [6, 6.07) is 9.92. The van der Waals surface area contributed by atoms with Crippen LogP contribution < -0.4 is 5.32 Å². The molecule has 0 saturated carbocycles. The maximum atomic E-state index is 9.55. The molecule has 2 rings (SSSR count). The molecule has 1 fully saturated rings. The van der Waals surface area contributed by atoms with Gasteiger partial charge in [0.15, 0.2) is 0 Å². The molecule has 1 heterocycles. The Balaban J connectivity index is 2.09. The fourth-order valence-electron chi connectivity index (χ4n) is 2.51. The predicted molar refractivity (Wildman–Crippen MR) is 77.3 cm³/mol. The predicted octanol–water partition coefficient (Wildman–Crippen LogP) is 3.99. The van der Waals surface area contributed by atoms with Gasteiger partial charge in [-0.25, -0.2) is 0 Å². The van der Waals surface area contributed by atoms with E-state index < -0.39 is 5.54 Å². The topological polar surface area (TPSA) is 45.0 Å². The quantitative estimate of drug-likeness (QED) is 0.906. The van der Waals surface area contributed by atoms with Crippen molar-refractivity contribution >= 4 is 17.3 Å². The van der Waals surface area contributed by atoms with Crippen LogP contribution >= 0.6 is 11.6 Å². The summed E-state index contributed by atoms with van der Waals surface area (Å²) in [6.07, 6.45) is 3.71. The average Bonchev–Trinajstić information content (AvgIpc) is 2.42. The number of halogens is 1. The molecule has 3 nitrogen and oxygen atoms in total. The van der Waals surface area contributed by atoms with Crippen molar-refractivity contribution in [3.63, 3.8) is 0 Å². The SMILES string of the molecule is CCCC1CC(C#N)(Nc2ccc(Cl)cc2)CCO1. The normalized spacial score (nSPS) is 26.7. The Labute approximate surface area is 119 Å². The highest BCUT2D eigenvalue weighted by atomic mass is 35.5. The molecule has 19 heavy (non-hydrogen) atoms. The van der Waals surface area contributed by atoms with Crippen LogP contribution in [0, 0.1) is 11.3 Å². The van der Waals surface area contributed by atoms with Crippen LogP contribution in [0.3, 0.4) is 0 Å². The molecule has 102 valence electrons. The van der Waals surface area contributed by atoms with Gasteiger partial charge < -0.3 is 10.1 Å². The third-order valence-electron chi connectivity index (χ3n) is 3.51. The lowest BCUT2D eigenvalue weighted by Crippen LogP contribution is -2.45. The van der Waals surface area contributed by atoms with Gasteiger partial charge in [0, 0.05) is 23.6 Å². The summed E-state index contributed by atoms with van der Waals surface area (Å²) in [4.78, 5) is 0. The first kappa shape index (κ1) is 14.2. The van der Waals surface area contributed by atoms with E-state index in [1.807, 2.05) is 24.3 Å². The van der Waals surface area contributed by atoms with Crippen molar-refractivity contribution in [2.45, 2.75) is 44.2 Å². The molecule has 1 saturated heterocycles. The third kappa shape index (κ3) is 3.62. The van der Waals surface area contributed by atoms with Crippen molar-refractivity contribution in [1.29, 1.82) is 5.26 Å². The zero-order valence-corrected chi connectivity index (χ0v) is 11.9. The Bertz CT molecular complexity index is 452. The van der Waals surface area contributed by atoms with Crippen LogP contribution in [0.4, 0.5) is 5.69 Å². The molecule has 0 spiro atoms. The average molecular weight is 279 g/mol. The van der Waals surface area contributed by atoms with Gasteiger partial charge in [-0.15, -0.1) is 0 Å². The molecule has 1 aromatic rings. The largest absolute Gasteiger partial charge is 0.378 e. The highest BCUT2D eigenvalue weighted by Crippen LogP contribution is 2.30. The fourth-order valence-corrected chi connectivity index (χ4v) is 2.64. The first-order valence-corrected chi connectivity index (χ1v) is 7.12. The maximum Gasteiger partial charge on any atom is 0.130 e. The van der Waals surface area contributed by atoms with Crippen LogP contribution in [-0.2, 0) is 4.74 Å². The molecule has 1 N–H and O–H groups in total. The lowest BCUT2D eigenvalue weighted by Gasteiger charge is -2.37. The number of nitrogens with zero attached hydrogens (tertiary/aromatic N) is 1. The Hall–Kier alpha value is -1.24. The standard InChI is InChI=1S/C15H19ClN2O/c1-2-3-14-10-15(11-17,8-9-19-14)18-13-6-4-12(16)5-7-13/h4-7,14,18H,2-3,8-10H2,1H3. The number of benzene rings is 1. The molecule has 4 heteroatoms. The van der Waals surface area contributed by atoms with Gasteiger partial charge in [0.05, 0.1) is 18.8 Å². The van der Waals surface area contributed by atoms with E-state index in [9.17, 15) is 5.26 Å². The minimum absolute atomic E-state index is 0.179. The molecule has 0 amide bonds. The van der Waals surface area contributed by atoms with Crippen LogP contribution in [0.15, 0.2) is 24.3 Å². The molecule has 1 aromatic carbocycles. The van der Waals surface area contributed by atoms with Crippen LogP contribution in [0.1, 0.15) is 32.6 Å². The van der Waals surface area contributed by atoms with E-state index in [1.54, 1.807) is 0 Å². The van der Waals surface area contributed by atoms with Crippen molar-refractivity contribution < 1.29 is 4.74 Å². The zero-order valence-electron chi connectivity index (χ0n) is 11.2. The molecule has 2 atom stereocenters. The third-order valence-corrected chi connectivity index (χ3v) is 3.76. The van der Waals surface area contributed by atoms with E-state index >= 15 is 0 Å². The molecule has 1 aliphatic heterocycles. The van der Waals surface area contributed by atoms with E-state index in [0.29, 0.717) is 18.1 Å². The second-order valence-electron chi connectivity index (χ2n) is 5.06. The molecular formula is C15H19ClN2O. The first-order chi connectivity index (χ1) is 9.17. The Morgan fingerprint density at radius 3 is 2.84 bits per heavy atom. The highest BCUT2D eigenvalue weighted by Gasteiger charge is 2.36. The van der Waals surface area contributed by atoms with Gasteiger partial charge in [-0.1, -0.05) is 24.9 Å². The maximum absolute atomic E-state index is 9.55. The number of nitriles is 1. The Morgan fingerprint density at radius 2 is 2.21 bits per heavy atom. The number of hydrogen-bond acceptors (Lipinski definition) is 3. The number of ether oxygens (including phenoxy) is 1. The monoisotopic (exact) mass is 278 g/mol. The minimum Gasteiger partial charge on any atom is -0.378 e. The Morgan fingerprint density at radius 1 is 1.47 bits per heavy atom. The molecule has 2 unspecified atom stereocenters. The summed E-state index contributed by atoms with van der Waals surface area (Å²) < 4.78 is 5.72. The summed E-state index contributed by atoms with van der Waals surface area (Å²) >= 11 is 5.87. The second-order valence-corrected chi connectivity index (χ2v) is 5.50. The van der Waals surface area contributed by atoms with Crippen molar-refractivity contribution in [2.75, 3.05) is 11.9 Å². The van der Waals surface area contributed by atoms with Gasteiger partial charge in [-0.2, -0.15) is 5.26 Å². The van der Waals surface area contributed by atoms with Crippen molar-refractivity contribution in [3.8, 4) is 6.07 Å². The second kappa shape index (κ2) is 6.27. The Kier molecular flexibility index (Phi) is 4.68. The highest BCUT2D eigenvalue weighted by molar-refractivity contribution is 6.30. The lowest BCUT2D eigenvalue weighted by molar-refractivity contribution is -0.00613. The van der Waals surface area contributed by atoms with Gasteiger partial charge in [0.1, 0.15) is 5.54 Å². The molecule has 0 radical (unpaired) electrons. The van der Waals surface area contributed by atoms with Gasteiger partial charge in [-0.3, -0.25) is 0 Å². The summed E-state index contributed by atoms with van der Waals surface area (Å²) in [5, 5.41) is 13.6. The van der Waals surface area contributed by atoms with Crippen LogP contribution in [0.2, 0.25) is 5.02 Å². The van der Waals surface area contributed by atoms with E-state index in [-0.39, 0.29) is 6.10 Å². The van der Waals surface area contributed by atoms with Gasteiger partial charge in [-0.05, 0) is 30.7 Å². The van der Waals surface area contributed by atoms with Crippen LogP contribution in [-0.4, -0.2) is 18.2 Å². The lowest BCUT2D eigenvalue weighted by atomic mass is 9.86. The van der Waals surface area contributed by atoms with Gasteiger partial charge in [0.2, 0.25) is 0 Å². The molecular weight excluding hydrogens is 260 g/mol. The molecule has 0 aromatic heterocycles. The number of rotatable bonds is 4.